The fourth-order valence-electron chi connectivity index (χ4n) is 5.93. The number of aromatic nitrogens is 1. The van der Waals surface area contributed by atoms with Crippen molar-refractivity contribution in [1.82, 2.24) is 4.57 Å². The molecule has 0 saturated heterocycles. The standard InChI is InChI=1S/C33H37F3N2O4/c1-32(2,3)27(18-29(40)41)24-9-6-10-26(17-24)37-31(42)30(22-7-4-5-8-22)23-13-11-21(12-14-23)19-38-20-25(33(34,35)36)15-16-28(38)39/h6,9-17,20,22,27,30H,4-5,7-8,18-19H2,1-3H3,(H,37,42)(H,40,41)/t27?,30-/m0/s1. The molecule has 1 aromatic heterocycles. The number of nitrogens with zero attached hydrogens (tertiary/aromatic N) is 1. The minimum atomic E-state index is -4.55. The van der Waals surface area contributed by atoms with Gasteiger partial charge in [0, 0.05) is 18.0 Å². The van der Waals surface area contributed by atoms with Crippen molar-refractivity contribution in [3.63, 3.8) is 0 Å². The van der Waals surface area contributed by atoms with Gasteiger partial charge < -0.3 is 15.0 Å². The van der Waals surface area contributed by atoms with Crippen LogP contribution in [0.2, 0.25) is 0 Å². The molecule has 1 heterocycles. The second kappa shape index (κ2) is 12.5. The van der Waals surface area contributed by atoms with Gasteiger partial charge in [0.15, 0.2) is 0 Å². The third-order valence-electron chi connectivity index (χ3n) is 8.14. The van der Waals surface area contributed by atoms with Crippen LogP contribution >= 0.6 is 0 Å². The number of benzene rings is 2. The molecule has 2 aromatic carbocycles. The summed E-state index contributed by atoms with van der Waals surface area (Å²) in [6.07, 6.45) is 0.120. The highest BCUT2D eigenvalue weighted by atomic mass is 19.4. The SMILES string of the molecule is CC(C)(C)C(CC(=O)O)c1cccc(NC(=O)[C@H](c2ccc(Cn3cc(C(F)(F)F)ccc3=O)cc2)C2CCCC2)c1. The van der Waals surface area contributed by atoms with Crippen LogP contribution in [0.25, 0.3) is 0 Å². The molecule has 2 N–H and O–H groups in total. The average molecular weight is 583 g/mol. The number of amides is 1. The quantitative estimate of drug-likeness (QED) is 0.275. The molecule has 224 valence electrons. The van der Waals surface area contributed by atoms with Crippen molar-refractivity contribution in [1.29, 1.82) is 0 Å². The molecule has 3 aromatic rings. The number of carbonyl (C=O) groups excluding carboxylic acids is 1. The number of alkyl halides is 3. The molecule has 2 atom stereocenters. The van der Waals surface area contributed by atoms with Crippen molar-refractivity contribution < 1.29 is 27.9 Å². The molecule has 1 unspecified atom stereocenters. The van der Waals surface area contributed by atoms with E-state index in [-0.39, 0.29) is 36.1 Å². The van der Waals surface area contributed by atoms with Gasteiger partial charge in [0.1, 0.15) is 0 Å². The van der Waals surface area contributed by atoms with Crippen molar-refractivity contribution in [2.75, 3.05) is 5.32 Å². The Labute approximate surface area is 243 Å². The molecule has 0 bridgehead atoms. The van der Waals surface area contributed by atoms with Crippen molar-refractivity contribution in [2.24, 2.45) is 11.3 Å². The van der Waals surface area contributed by atoms with Gasteiger partial charge in [-0.25, -0.2) is 0 Å². The molecule has 9 heteroatoms. The zero-order valence-corrected chi connectivity index (χ0v) is 24.1. The number of anilines is 1. The normalized spacial score (nSPS) is 15.8. The van der Waals surface area contributed by atoms with Crippen LogP contribution < -0.4 is 10.9 Å². The number of hydrogen-bond acceptors (Lipinski definition) is 3. The van der Waals surface area contributed by atoms with Gasteiger partial charge in [0.25, 0.3) is 5.56 Å². The predicted molar refractivity (Wildman–Crippen MR) is 155 cm³/mol. The monoisotopic (exact) mass is 582 g/mol. The lowest BCUT2D eigenvalue weighted by atomic mass is 9.74. The first-order valence-electron chi connectivity index (χ1n) is 14.2. The van der Waals surface area contributed by atoms with Crippen molar-refractivity contribution >= 4 is 17.6 Å². The maximum Gasteiger partial charge on any atom is 0.417 e. The molecule has 0 spiro atoms. The van der Waals surface area contributed by atoms with E-state index in [2.05, 4.69) is 5.32 Å². The minimum Gasteiger partial charge on any atom is -0.481 e. The number of carbonyl (C=O) groups is 2. The summed E-state index contributed by atoms with van der Waals surface area (Å²) >= 11 is 0. The summed E-state index contributed by atoms with van der Waals surface area (Å²) < 4.78 is 40.5. The summed E-state index contributed by atoms with van der Waals surface area (Å²) in [5, 5.41) is 12.5. The van der Waals surface area contributed by atoms with Gasteiger partial charge in [-0.3, -0.25) is 14.4 Å². The smallest absolute Gasteiger partial charge is 0.417 e. The Kier molecular flexibility index (Phi) is 9.28. The number of rotatable bonds is 9. The van der Waals surface area contributed by atoms with Gasteiger partial charge in [-0.05, 0) is 65.0 Å². The Morgan fingerprint density at radius 1 is 0.976 bits per heavy atom. The molecule has 1 amide bonds. The molecule has 1 aliphatic carbocycles. The van der Waals surface area contributed by atoms with Crippen LogP contribution in [0.5, 0.6) is 0 Å². The lowest BCUT2D eigenvalue weighted by Gasteiger charge is -2.30. The minimum absolute atomic E-state index is 0.0232. The molecule has 1 aliphatic rings. The van der Waals surface area contributed by atoms with Crippen LogP contribution in [-0.2, 0) is 22.3 Å². The average Bonchev–Trinajstić information content (AvgIpc) is 3.43. The Morgan fingerprint density at radius 2 is 1.64 bits per heavy atom. The summed E-state index contributed by atoms with van der Waals surface area (Å²) in [5.41, 5.74) is 1.16. The fourth-order valence-corrected chi connectivity index (χ4v) is 5.93. The molecule has 6 nitrogen and oxygen atoms in total. The molecule has 0 radical (unpaired) electrons. The van der Waals surface area contributed by atoms with E-state index in [9.17, 15) is 32.7 Å². The molecular weight excluding hydrogens is 545 g/mol. The van der Waals surface area contributed by atoms with E-state index < -0.39 is 29.2 Å². The lowest BCUT2D eigenvalue weighted by Crippen LogP contribution is -2.27. The highest BCUT2D eigenvalue weighted by molar-refractivity contribution is 5.96. The van der Waals surface area contributed by atoms with Gasteiger partial charge in [0.05, 0.1) is 24.4 Å². The van der Waals surface area contributed by atoms with Crippen LogP contribution in [-0.4, -0.2) is 21.6 Å². The van der Waals surface area contributed by atoms with Gasteiger partial charge >= 0.3 is 12.1 Å². The highest BCUT2D eigenvalue weighted by Crippen LogP contribution is 2.40. The maximum atomic E-state index is 13.8. The van der Waals surface area contributed by atoms with Gasteiger partial charge in [-0.15, -0.1) is 0 Å². The molecule has 1 fully saturated rings. The topological polar surface area (TPSA) is 88.4 Å². The Morgan fingerprint density at radius 3 is 2.24 bits per heavy atom. The fraction of sp³-hybridized carbons (Fsp3) is 0.424. The number of pyridine rings is 1. The Hall–Kier alpha value is -3.88. The second-order valence-corrected chi connectivity index (χ2v) is 12.3. The van der Waals surface area contributed by atoms with E-state index in [0.717, 1.165) is 59.7 Å². The number of nitrogens with one attached hydrogen (secondary N) is 1. The molecular formula is C33H37F3N2O4. The molecule has 4 rings (SSSR count). The maximum absolute atomic E-state index is 13.8. The van der Waals surface area contributed by atoms with Crippen LogP contribution in [0.15, 0.2) is 71.7 Å². The summed E-state index contributed by atoms with van der Waals surface area (Å²) in [7, 11) is 0. The van der Waals surface area contributed by atoms with E-state index in [1.165, 1.54) is 0 Å². The summed E-state index contributed by atoms with van der Waals surface area (Å²) in [6, 6.07) is 16.2. The van der Waals surface area contributed by atoms with Crippen molar-refractivity contribution in [2.45, 2.75) is 77.4 Å². The lowest BCUT2D eigenvalue weighted by molar-refractivity contribution is -0.139. The van der Waals surface area contributed by atoms with Crippen molar-refractivity contribution in [3.05, 3.63) is 99.5 Å². The van der Waals surface area contributed by atoms with E-state index in [1.54, 1.807) is 18.2 Å². The predicted octanol–water partition coefficient (Wildman–Crippen LogP) is 7.43. The second-order valence-electron chi connectivity index (χ2n) is 12.3. The highest BCUT2D eigenvalue weighted by Gasteiger charge is 2.33. The van der Waals surface area contributed by atoms with Crippen molar-refractivity contribution in [3.8, 4) is 0 Å². The van der Waals surface area contributed by atoms with E-state index >= 15 is 0 Å². The Balaban J connectivity index is 1.56. The Bertz CT molecular complexity index is 1470. The van der Waals surface area contributed by atoms with Crippen LogP contribution in [0.4, 0.5) is 18.9 Å². The van der Waals surface area contributed by atoms with E-state index in [0.29, 0.717) is 11.3 Å². The first-order chi connectivity index (χ1) is 19.7. The van der Waals surface area contributed by atoms with Crippen LogP contribution in [0.1, 0.15) is 87.0 Å². The third-order valence-corrected chi connectivity index (χ3v) is 8.14. The first-order valence-corrected chi connectivity index (χ1v) is 14.2. The van der Waals surface area contributed by atoms with Gasteiger partial charge in [0.2, 0.25) is 5.91 Å². The number of hydrogen-bond donors (Lipinski definition) is 2. The van der Waals surface area contributed by atoms with E-state index in [4.69, 9.17) is 0 Å². The molecule has 1 saturated carbocycles. The zero-order valence-electron chi connectivity index (χ0n) is 24.1. The number of aliphatic carboxylic acids is 1. The number of carboxylic acids is 1. The zero-order chi connectivity index (χ0) is 30.7. The summed E-state index contributed by atoms with van der Waals surface area (Å²) in [6.45, 7) is 5.96. The number of halogens is 3. The van der Waals surface area contributed by atoms with Gasteiger partial charge in [-0.1, -0.05) is 70.0 Å². The summed E-state index contributed by atoms with van der Waals surface area (Å²) in [5.74, 6) is -1.58. The van der Waals surface area contributed by atoms with Crippen LogP contribution in [0, 0.1) is 11.3 Å². The molecule has 0 aliphatic heterocycles. The van der Waals surface area contributed by atoms with Crippen LogP contribution in [0.3, 0.4) is 0 Å². The summed E-state index contributed by atoms with van der Waals surface area (Å²) in [4.78, 5) is 37.5. The molecule has 42 heavy (non-hydrogen) atoms. The number of carboxylic acid groups (broad SMARTS) is 1. The largest absolute Gasteiger partial charge is 0.481 e. The third kappa shape index (κ3) is 7.69. The van der Waals surface area contributed by atoms with Gasteiger partial charge in [-0.2, -0.15) is 13.2 Å². The first kappa shape index (κ1) is 31.1. The van der Waals surface area contributed by atoms with E-state index in [1.807, 2.05) is 51.1 Å².